The van der Waals surface area contributed by atoms with Crippen molar-refractivity contribution in [3.05, 3.63) is 51.2 Å². The van der Waals surface area contributed by atoms with Gasteiger partial charge in [0.15, 0.2) is 5.78 Å². The average molecular weight is 475 g/mol. The second-order valence-corrected chi connectivity index (χ2v) is 9.57. The third-order valence-corrected chi connectivity index (χ3v) is 6.12. The number of aromatic nitrogens is 5. The molecule has 3 aromatic heterocycles. The molecular formula is C21H23ClN6O3S. The summed E-state index contributed by atoms with van der Waals surface area (Å²) in [6.07, 6.45) is 4.26. The highest BCUT2D eigenvalue weighted by atomic mass is 35.5. The Kier molecular flexibility index (Phi) is 7.15. The number of hydrogen-bond acceptors (Lipinski definition) is 9. The van der Waals surface area contributed by atoms with Crippen LogP contribution in [0.3, 0.4) is 0 Å². The zero-order chi connectivity index (χ0) is 23.5. The van der Waals surface area contributed by atoms with Crippen molar-refractivity contribution in [2.75, 3.05) is 12.4 Å². The summed E-state index contributed by atoms with van der Waals surface area (Å²) < 4.78 is 5.03. The van der Waals surface area contributed by atoms with Gasteiger partial charge in [0, 0.05) is 23.8 Å². The summed E-state index contributed by atoms with van der Waals surface area (Å²) in [5.41, 5.74) is 0.747. The predicted octanol–water partition coefficient (Wildman–Crippen LogP) is 4.31. The van der Waals surface area contributed by atoms with Crippen LogP contribution in [0.5, 0.6) is 5.88 Å². The number of ketones is 1. The maximum atomic E-state index is 12.7. The van der Waals surface area contributed by atoms with Crippen LogP contribution in [0.15, 0.2) is 24.9 Å². The van der Waals surface area contributed by atoms with Crippen molar-refractivity contribution in [1.82, 2.24) is 24.9 Å². The number of nitrogens with one attached hydrogen (secondary N) is 1. The summed E-state index contributed by atoms with van der Waals surface area (Å²) in [6, 6.07) is 1.75. The largest absolute Gasteiger partial charge is 0.480 e. The molecule has 0 radical (unpaired) electrons. The second kappa shape index (κ2) is 9.66. The maximum absolute atomic E-state index is 12.7. The molecule has 3 aromatic rings. The van der Waals surface area contributed by atoms with Gasteiger partial charge in [0.1, 0.15) is 34.1 Å². The molecule has 0 spiro atoms. The molecule has 1 atom stereocenters. The molecule has 3 rings (SSSR count). The van der Waals surface area contributed by atoms with E-state index >= 15 is 0 Å². The quantitative estimate of drug-likeness (QED) is 0.503. The minimum Gasteiger partial charge on any atom is -0.480 e. The van der Waals surface area contributed by atoms with Crippen molar-refractivity contribution in [3.8, 4) is 5.88 Å². The number of rotatable bonds is 7. The fourth-order valence-electron chi connectivity index (χ4n) is 2.79. The summed E-state index contributed by atoms with van der Waals surface area (Å²) >= 11 is 7.37. The van der Waals surface area contributed by atoms with Crippen LogP contribution in [-0.2, 0) is 5.41 Å². The third-order valence-electron chi connectivity index (χ3n) is 4.55. The van der Waals surface area contributed by atoms with E-state index in [1.165, 1.54) is 37.3 Å². The molecule has 3 heterocycles. The molecule has 0 aliphatic carbocycles. The number of carbonyl (C=O) groups excluding carboxylic acids is 2. The highest BCUT2D eigenvalue weighted by Gasteiger charge is 2.23. The molecule has 0 aliphatic rings. The molecule has 1 amide bonds. The van der Waals surface area contributed by atoms with Crippen LogP contribution < -0.4 is 10.1 Å². The topological polar surface area (TPSA) is 120 Å². The zero-order valence-corrected chi connectivity index (χ0v) is 19.9. The van der Waals surface area contributed by atoms with Gasteiger partial charge in [-0.15, -0.1) is 11.3 Å². The van der Waals surface area contributed by atoms with E-state index in [2.05, 4.69) is 30.2 Å². The van der Waals surface area contributed by atoms with Crippen molar-refractivity contribution in [3.63, 3.8) is 0 Å². The van der Waals surface area contributed by atoms with Crippen molar-refractivity contribution >= 4 is 40.4 Å². The van der Waals surface area contributed by atoms with E-state index < -0.39 is 0 Å². The van der Waals surface area contributed by atoms with E-state index in [0.29, 0.717) is 15.7 Å². The number of amides is 1. The van der Waals surface area contributed by atoms with Crippen molar-refractivity contribution in [2.45, 2.75) is 45.4 Å². The van der Waals surface area contributed by atoms with Crippen LogP contribution >= 0.6 is 22.9 Å². The number of nitrogens with zero attached hydrogens (tertiary/aromatic N) is 5. The first-order chi connectivity index (χ1) is 15.1. The van der Waals surface area contributed by atoms with Gasteiger partial charge in [0.2, 0.25) is 5.88 Å². The predicted molar refractivity (Wildman–Crippen MR) is 122 cm³/mol. The summed E-state index contributed by atoms with van der Waals surface area (Å²) in [7, 11) is 1.42. The molecule has 0 fully saturated rings. The molecule has 0 saturated heterocycles. The fraction of sp³-hybridized carbons (Fsp3) is 0.381. The van der Waals surface area contributed by atoms with Gasteiger partial charge in [0.25, 0.3) is 5.91 Å². The fourth-order valence-corrected chi connectivity index (χ4v) is 3.93. The van der Waals surface area contributed by atoms with Crippen molar-refractivity contribution < 1.29 is 14.3 Å². The molecule has 32 heavy (non-hydrogen) atoms. The van der Waals surface area contributed by atoms with E-state index in [9.17, 15) is 9.59 Å². The minimum atomic E-state index is -0.325. The minimum absolute atomic E-state index is 0.0749. The zero-order valence-electron chi connectivity index (χ0n) is 18.3. The smallest absolute Gasteiger partial charge is 0.268 e. The van der Waals surface area contributed by atoms with Gasteiger partial charge in [-0.05, 0) is 0 Å². The SMILES string of the molecule is COc1ncnc(C(=O)C[C@@H](C)c2ncc(C(=O)Nc3cc(C(C)(C)C)ncn3)s2)c1Cl. The molecular weight excluding hydrogens is 452 g/mol. The summed E-state index contributed by atoms with van der Waals surface area (Å²) in [6.45, 7) is 7.95. The van der Waals surface area contributed by atoms with Gasteiger partial charge in [0.05, 0.1) is 24.0 Å². The molecule has 0 bridgehead atoms. The highest BCUT2D eigenvalue weighted by molar-refractivity contribution is 7.13. The van der Waals surface area contributed by atoms with Gasteiger partial charge >= 0.3 is 0 Å². The van der Waals surface area contributed by atoms with Crippen LogP contribution in [0.1, 0.15) is 70.9 Å². The first-order valence-electron chi connectivity index (χ1n) is 9.77. The lowest BCUT2D eigenvalue weighted by Gasteiger charge is -2.17. The van der Waals surface area contributed by atoms with E-state index in [0.717, 1.165) is 5.69 Å². The normalized spacial score (nSPS) is 12.3. The summed E-state index contributed by atoms with van der Waals surface area (Å²) in [5.74, 6) is -0.266. The van der Waals surface area contributed by atoms with Gasteiger partial charge in [-0.3, -0.25) is 9.59 Å². The molecule has 0 aliphatic heterocycles. The number of hydrogen-bond donors (Lipinski definition) is 1. The third kappa shape index (κ3) is 5.43. The van der Waals surface area contributed by atoms with Crippen LogP contribution in [-0.4, -0.2) is 43.7 Å². The molecule has 0 aromatic carbocycles. The van der Waals surface area contributed by atoms with E-state index in [1.807, 2.05) is 27.7 Å². The van der Waals surface area contributed by atoms with Gasteiger partial charge < -0.3 is 10.1 Å². The number of carbonyl (C=O) groups is 2. The Balaban J connectivity index is 1.69. The number of ether oxygens (including phenoxy) is 1. The lowest BCUT2D eigenvalue weighted by atomic mass is 9.92. The van der Waals surface area contributed by atoms with Gasteiger partial charge in [-0.2, -0.15) is 0 Å². The molecule has 11 heteroatoms. The Morgan fingerprint density at radius 1 is 1.16 bits per heavy atom. The molecule has 9 nitrogen and oxygen atoms in total. The molecule has 1 N–H and O–H groups in total. The highest BCUT2D eigenvalue weighted by Crippen LogP contribution is 2.29. The first kappa shape index (κ1) is 23.7. The van der Waals surface area contributed by atoms with Gasteiger partial charge in [-0.1, -0.05) is 39.3 Å². The van der Waals surface area contributed by atoms with E-state index in [-0.39, 0.29) is 46.0 Å². The van der Waals surface area contributed by atoms with Crippen molar-refractivity contribution in [2.24, 2.45) is 0 Å². The van der Waals surface area contributed by atoms with Crippen LogP contribution in [0.25, 0.3) is 0 Å². The first-order valence-corrected chi connectivity index (χ1v) is 11.0. The molecule has 0 saturated carbocycles. The van der Waals surface area contributed by atoms with E-state index in [4.69, 9.17) is 16.3 Å². The number of thiazole rings is 1. The Morgan fingerprint density at radius 3 is 2.56 bits per heavy atom. The Bertz CT molecular complexity index is 1140. The number of halogens is 1. The molecule has 0 unspecified atom stereocenters. The summed E-state index contributed by atoms with van der Waals surface area (Å²) in [4.78, 5) is 46.3. The van der Waals surface area contributed by atoms with E-state index in [1.54, 1.807) is 6.07 Å². The number of methoxy groups -OCH3 is 1. The lowest BCUT2D eigenvalue weighted by molar-refractivity contribution is 0.0969. The maximum Gasteiger partial charge on any atom is 0.268 e. The number of Topliss-reactive ketones (excluding diaryl/α,β-unsaturated/α-hetero) is 1. The standard InChI is InChI=1S/C21H23ClN6O3S/c1-11(6-12(29)17-16(22)19(31-5)27-10-26-17)20-23-8-13(32-20)18(30)28-15-7-14(21(2,3)4)24-9-25-15/h7-11H,6H2,1-5H3,(H,24,25,28,30)/t11-/m1/s1. The Labute approximate surface area is 194 Å². The summed E-state index contributed by atoms with van der Waals surface area (Å²) in [5, 5.41) is 3.50. The lowest BCUT2D eigenvalue weighted by Crippen LogP contribution is -2.16. The van der Waals surface area contributed by atoms with Crippen molar-refractivity contribution in [1.29, 1.82) is 0 Å². The monoisotopic (exact) mass is 474 g/mol. The second-order valence-electron chi connectivity index (χ2n) is 8.13. The van der Waals surface area contributed by atoms with Crippen LogP contribution in [0, 0.1) is 0 Å². The number of anilines is 1. The Morgan fingerprint density at radius 2 is 1.88 bits per heavy atom. The Hall–Kier alpha value is -2.98. The average Bonchev–Trinajstić information content (AvgIpc) is 3.24. The van der Waals surface area contributed by atoms with Gasteiger partial charge in [-0.25, -0.2) is 24.9 Å². The van der Waals surface area contributed by atoms with Crippen LogP contribution in [0.2, 0.25) is 5.02 Å². The molecule has 168 valence electrons. The van der Waals surface area contributed by atoms with Crippen LogP contribution in [0.4, 0.5) is 5.82 Å².